The number of benzene rings is 2. The van der Waals surface area contributed by atoms with Crippen molar-refractivity contribution < 1.29 is 9.59 Å². The van der Waals surface area contributed by atoms with E-state index in [9.17, 15) is 14.4 Å². The van der Waals surface area contributed by atoms with Gasteiger partial charge in [0.1, 0.15) is 5.82 Å². The van der Waals surface area contributed by atoms with Gasteiger partial charge in [0.15, 0.2) is 0 Å². The van der Waals surface area contributed by atoms with E-state index in [0.29, 0.717) is 26.4 Å². The Kier molecular flexibility index (Phi) is 6.10. The highest BCUT2D eigenvalue weighted by Crippen LogP contribution is 2.32. The Morgan fingerprint density at radius 3 is 2.53 bits per heavy atom. The summed E-state index contributed by atoms with van der Waals surface area (Å²) in [4.78, 5) is 45.0. The number of amides is 2. The third-order valence-corrected chi connectivity index (χ3v) is 5.69. The average Bonchev–Trinajstić information content (AvgIpc) is 2.72. The van der Waals surface area contributed by atoms with E-state index in [1.54, 1.807) is 30.3 Å². The normalized spacial score (nSPS) is 15.0. The van der Waals surface area contributed by atoms with E-state index in [2.05, 4.69) is 25.9 Å². The molecule has 8 nitrogen and oxygen atoms in total. The Morgan fingerprint density at radius 1 is 1.06 bits per heavy atom. The molecule has 0 saturated heterocycles. The highest BCUT2D eigenvalue weighted by atomic mass is 35.5. The number of hydrogen-bond acceptors (Lipinski definition) is 5. The second-order valence-corrected chi connectivity index (χ2v) is 8.46. The molecule has 2 amide bonds. The molecule has 0 bridgehead atoms. The van der Waals surface area contributed by atoms with Crippen LogP contribution in [-0.4, -0.2) is 21.8 Å². The molecule has 0 aliphatic carbocycles. The van der Waals surface area contributed by atoms with Gasteiger partial charge in [0.25, 0.3) is 5.56 Å². The van der Waals surface area contributed by atoms with Gasteiger partial charge in [-0.05, 0) is 42.8 Å². The minimum Gasteiger partial charge on any atom is -0.325 e. The van der Waals surface area contributed by atoms with Crippen LogP contribution in [0.2, 0.25) is 15.1 Å². The summed E-state index contributed by atoms with van der Waals surface area (Å²) in [5.74, 6) is -1.93. The number of nitrogens with one attached hydrogen (secondary N) is 4. The Labute approximate surface area is 197 Å². The number of carbonyl (C=O) groups is 2. The molecule has 0 radical (unpaired) electrons. The summed E-state index contributed by atoms with van der Waals surface area (Å²) in [5, 5.41) is 9.39. The highest BCUT2D eigenvalue weighted by Gasteiger charge is 2.35. The average molecular weight is 493 g/mol. The first-order chi connectivity index (χ1) is 15.2. The van der Waals surface area contributed by atoms with Crippen LogP contribution in [0.1, 0.15) is 23.5 Å². The standard InChI is InChI=1S/C21H16Cl3N5O3/c1-9-2-3-11(23)7-15(9)25-19(31)12-8-16(30)27-18-17(12)20(32)29-21(28-18)26-14-5-4-10(22)6-13(14)24/h2-7,12H,8H2,1H3,(H,25,31)(H3,26,27,28,29,30,32)/t12-/m1/s1. The van der Waals surface area contributed by atoms with Crippen molar-refractivity contribution in [3.63, 3.8) is 0 Å². The number of fused-ring (bicyclic) bond motifs is 1. The fourth-order valence-electron chi connectivity index (χ4n) is 3.32. The molecule has 3 aromatic rings. The van der Waals surface area contributed by atoms with Crippen molar-refractivity contribution in [3.8, 4) is 0 Å². The number of hydrogen-bond donors (Lipinski definition) is 4. The van der Waals surface area contributed by atoms with Crippen molar-refractivity contribution >= 4 is 69.8 Å². The van der Waals surface area contributed by atoms with Gasteiger partial charge in [-0.25, -0.2) is 0 Å². The molecule has 164 valence electrons. The minimum absolute atomic E-state index is 0.000511. The molecule has 2 heterocycles. The number of aromatic nitrogens is 2. The zero-order valence-corrected chi connectivity index (χ0v) is 18.8. The van der Waals surface area contributed by atoms with Gasteiger partial charge in [-0.3, -0.25) is 19.4 Å². The SMILES string of the molecule is Cc1ccc(Cl)cc1NC(=O)[C@@H]1CC(=O)Nc2nc(Nc3ccc(Cl)cc3Cl)[nH]c(=O)c21. The molecule has 0 spiro atoms. The molecule has 0 unspecified atom stereocenters. The lowest BCUT2D eigenvalue weighted by Gasteiger charge is -2.24. The number of aryl methyl sites for hydroxylation is 1. The van der Waals surface area contributed by atoms with Crippen molar-refractivity contribution in [2.24, 2.45) is 0 Å². The highest BCUT2D eigenvalue weighted by molar-refractivity contribution is 6.36. The van der Waals surface area contributed by atoms with E-state index in [4.69, 9.17) is 34.8 Å². The number of anilines is 4. The quantitative estimate of drug-likeness (QED) is 0.416. The van der Waals surface area contributed by atoms with Crippen LogP contribution in [0.4, 0.5) is 23.1 Å². The van der Waals surface area contributed by atoms with Gasteiger partial charge < -0.3 is 16.0 Å². The molecule has 32 heavy (non-hydrogen) atoms. The van der Waals surface area contributed by atoms with Crippen LogP contribution in [0.15, 0.2) is 41.2 Å². The second kappa shape index (κ2) is 8.82. The van der Waals surface area contributed by atoms with Crippen molar-refractivity contribution in [1.82, 2.24) is 9.97 Å². The summed E-state index contributed by atoms with van der Waals surface area (Å²) in [5.41, 5.74) is 1.23. The van der Waals surface area contributed by atoms with Crippen LogP contribution in [0.25, 0.3) is 0 Å². The van der Waals surface area contributed by atoms with E-state index in [1.807, 2.05) is 6.92 Å². The van der Waals surface area contributed by atoms with Gasteiger partial charge >= 0.3 is 0 Å². The van der Waals surface area contributed by atoms with E-state index in [0.717, 1.165) is 5.56 Å². The molecular formula is C21H16Cl3N5O3. The van der Waals surface area contributed by atoms with Crippen molar-refractivity contribution in [2.75, 3.05) is 16.0 Å². The Bertz CT molecular complexity index is 1310. The molecule has 0 fully saturated rings. The number of aromatic amines is 1. The van der Waals surface area contributed by atoms with Crippen LogP contribution in [0.3, 0.4) is 0 Å². The van der Waals surface area contributed by atoms with Crippen LogP contribution in [-0.2, 0) is 9.59 Å². The molecular weight excluding hydrogens is 477 g/mol. The maximum atomic E-state index is 13.0. The topological polar surface area (TPSA) is 116 Å². The fourth-order valence-corrected chi connectivity index (χ4v) is 3.95. The number of H-pyrrole nitrogens is 1. The number of carbonyl (C=O) groups excluding carboxylic acids is 2. The van der Waals surface area contributed by atoms with E-state index >= 15 is 0 Å². The Balaban J connectivity index is 1.66. The summed E-state index contributed by atoms with van der Waals surface area (Å²) in [6.07, 6.45) is -0.195. The van der Waals surface area contributed by atoms with Gasteiger partial charge in [0, 0.05) is 22.2 Å². The molecule has 1 aliphatic rings. The van der Waals surface area contributed by atoms with Crippen LogP contribution < -0.4 is 21.5 Å². The molecule has 4 rings (SSSR count). The molecule has 1 atom stereocenters. The first kappa shape index (κ1) is 22.1. The lowest BCUT2D eigenvalue weighted by molar-refractivity contribution is -0.123. The van der Waals surface area contributed by atoms with E-state index < -0.39 is 23.3 Å². The maximum Gasteiger partial charge on any atom is 0.258 e. The summed E-state index contributed by atoms with van der Waals surface area (Å²) < 4.78 is 0. The molecule has 2 aromatic carbocycles. The van der Waals surface area contributed by atoms with Crippen molar-refractivity contribution in [3.05, 3.63) is 72.9 Å². The molecule has 4 N–H and O–H groups in total. The predicted molar refractivity (Wildman–Crippen MR) is 125 cm³/mol. The Hall–Kier alpha value is -3.07. The first-order valence-corrected chi connectivity index (χ1v) is 10.6. The van der Waals surface area contributed by atoms with E-state index in [-0.39, 0.29) is 23.8 Å². The molecule has 1 aliphatic heterocycles. The van der Waals surface area contributed by atoms with E-state index in [1.165, 1.54) is 6.07 Å². The first-order valence-electron chi connectivity index (χ1n) is 9.44. The fraction of sp³-hybridized carbons (Fsp3) is 0.143. The van der Waals surface area contributed by atoms with Gasteiger partial charge in [0.05, 0.1) is 22.2 Å². The summed E-state index contributed by atoms with van der Waals surface area (Å²) in [7, 11) is 0. The van der Waals surface area contributed by atoms with Crippen molar-refractivity contribution in [2.45, 2.75) is 19.3 Å². The van der Waals surface area contributed by atoms with Gasteiger partial charge in [-0.1, -0.05) is 40.9 Å². The minimum atomic E-state index is -1.03. The summed E-state index contributed by atoms with van der Waals surface area (Å²) >= 11 is 18.1. The molecule has 0 saturated carbocycles. The monoisotopic (exact) mass is 491 g/mol. The van der Waals surface area contributed by atoms with Gasteiger partial charge in [0.2, 0.25) is 17.8 Å². The number of nitrogens with zero attached hydrogens (tertiary/aromatic N) is 1. The molecule has 1 aromatic heterocycles. The van der Waals surface area contributed by atoms with Crippen LogP contribution >= 0.6 is 34.8 Å². The summed E-state index contributed by atoms with van der Waals surface area (Å²) in [6.45, 7) is 1.81. The van der Waals surface area contributed by atoms with Crippen molar-refractivity contribution in [1.29, 1.82) is 0 Å². The lowest BCUT2D eigenvalue weighted by atomic mass is 9.92. The second-order valence-electron chi connectivity index (χ2n) is 7.18. The van der Waals surface area contributed by atoms with Crippen LogP contribution in [0, 0.1) is 6.92 Å². The Morgan fingerprint density at radius 2 is 1.78 bits per heavy atom. The predicted octanol–water partition coefficient (Wildman–Crippen LogP) is 4.85. The third-order valence-electron chi connectivity index (χ3n) is 4.91. The summed E-state index contributed by atoms with van der Waals surface area (Å²) in [6, 6.07) is 9.82. The lowest BCUT2D eigenvalue weighted by Crippen LogP contribution is -2.36. The third kappa shape index (κ3) is 4.57. The smallest absolute Gasteiger partial charge is 0.258 e. The zero-order valence-electron chi connectivity index (χ0n) is 16.6. The molecule has 11 heteroatoms. The van der Waals surface area contributed by atoms with Gasteiger partial charge in [-0.15, -0.1) is 0 Å². The largest absolute Gasteiger partial charge is 0.325 e. The zero-order chi connectivity index (χ0) is 23.0. The number of rotatable bonds is 4. The maximum absolute atomic E-state index is 13.0. The van der Waals surface area contributed by atoms with Crippen LogP contribution in [0.5, 0.6) is 0 Å². The van der Waals surface area contributed by atoms with Gasteiger partial charge in [-0.2, -0.15) is 4.98 Å². The number of halogens is 3.